The van der Waals surface area contributed by atoms with Gasteiger partial charge >= 0.3 is 0 Å². The first-order chi connectivity index (χ1) is 9.25. The van der Waals surface area contributed by atoms with Gasteiger partial charge in [0.25, 0.3) is 5.91 Å². The number of carbonyl (C=O) groups excluding carboxylic acids is 1. The highest BCUT2D eigenvalue weighted by Crippen LogP contribution is 2.21. The number of fused-ring (bicyclic) bond motifs is 1. The molecule has 0 fully saturated rings. The molecule has 3 aromatic rings. The maximum atomic E-state index is 11.8. The zero-order valence-corrected chi connectivity index (χ0v) is 10.6. The zero-order chi connectivity index (χ0) is 13.2. The number of rotatable bonds is 3. The summed E-state index contributed by atoms with van der Waals surface area (Å²) < 4.78 is 5.06. The predicted octanol–water partition coefficient (Wildman–Crippen LogP) is 3.00. The molecule has 0 atom stereocenters. The molecular formula is C15H14N2O2. The molecule has 0 radical (unpaired) electrons. The van der Waals surface area contributed by atoms with Gasteiger partial charge in [-0.15, -0.1) is 0 Å². The molecule has 0 saturated heterocycles. The summed E-state index contributed by atoms with van der Waals surface area (Å²) in [7, 11) is 0. The molecule has 3 rings (SSSR count). The summed E-state index contributed by atoms with van der Waals surface area (Å²) in [5.74, 6) is 0.132. The number of hydrogen-bond donors (Lipinski definition) is 2. The van der Waals surface area contributed by atoms with Crippen LogP contribution < -0.4 is 5.32 Å². The third-order valence-electron chi connectivity index (χ3n) is 3.20. The molecule has 4 nitrogen and oxygen atoms in total. The molecule has 1 aromatic carbocycles. The van der Waals surface area contributed by atoms with Gasteiger partial charge in [-0.25, -0.2) is 0 Å². The molecule has 1 amide bonds. The largest absolute Gasteiger partial charge is 0.459 e. The Balaban J connectivity index is 1.82. The highest BCUT2D eigenvalue weighted by atomic mass is 16.3. The number of carbonyl (C=O) groups is 1. The molecule has 0 unspecified atom stereocenters. The van der Waals surface area contributed by atoms with E-state index in [1.165, 1.54) is 6.26 Å². The Labute approximate surface area is 110 Å². The van der Waals surface area contributed by atoms with Crippen LogP contribution in [0.4, 0.5) is 0 Å². The van der Waals surface area contributed by atoms with Gasteiger partial charge in [-0.3, -0.25) is 4.79 Å². The van der Waals surface area contributed by atoms with Gasteiger partial charge < -0.3 is 14.7 Å². The lowest BCUT2D eigenvalue weighted by atomic mass is 10.1. The maximum Gasteiger partial charge on any atom is 0.287 e. The molecule has 0 aliphatic rings. The van der Waals surface area contributed by atoms with E-state index in [9.17, 15) is 4.79 Å². The Morgan fingerprint density at radius 2 is 2.11 bits per heavy atom. The van der Waals surface area contributed by atoms with Crippen LogP contribution in [-0.2, 0) is 6.54 Å². The fourth-order valence-electron chi connectivity index (χ4n) is 2.23. The Morgan fingerprint density at radius 3 is 2.89 bits per heavy atom. The van der Waals surface area contributed by atoms with Crippen molar-refractivity contribution >= 4 is 16.8 Å². The molecule has 96 valence electrons. The second kappa shape index (κ2) is 4.65. The molecule has 0 aliphatic heterocycles. The zero-order valence-electron chi connectivity index (χ0n) is 10.6. The van der Waals surface area contributed by atoms with Crippen molar-refractivity contribution < 1.29 is 9.21 Å². The lowest BCUT2D eigenvalue weighted by molar-refractivity contribution is 0.0923. The van der Waals surface area contributed by atoms with Gasteiger partial charge in [0.15, 0.2) is 5.76 Å². The van der Waals surface area contributed by atoms with E-state index in [4.69, 9.17) is 4.42 Å². The van der Waals surface area contributed by atoms with Gasteiger partial charge in [0.2, 0.25) is 0 Å². The van der Waals surface area contributed by atoms with Crippen molar-refractivity contribution in [2.24, 2.45) is 0 Å². The minimum atomic E-state index is -0.199. The van der Waals surface area contributed by atoms with E-state index in [-0.39, 0.29) is 5.91 Å². The van der Waals surface area contributed by atoms with Crippen LogP contribution in [0.15, 0.2) is 47.1 Å². The third kappa shape index (κ3) is 2.12. The third-order valence-corrected chi connectivity index (χ3v) is 3.20. The van der Waals surface area contributed by atoms with Gasteiger partial charge in [0.05, 0.1) is 6.26 Å². The standard InChI is InChI=1S/C15H14N2O2/c1-10-12(11-5-2-3-6-13(11)17-10)9-16-15(18)14-7-4-8-19-14/h2-8,17H,9H2,1H3,(H,16,18). The average Bonchev–Trinajstić information content (AvgIpc) is 3.03. The summed E-state index contributed by atoms with van der Waals surface area (Å²) in [4.78, 5) is 15.1. The second-order valence-corrected chi connectivity index (χ2v) is 4.43. The quantitative estimate of drug-likeness (QED) is 0.754. The Morgan fingerprint density at radius 1 is 1.26 bits per heavy atom. The van der Waals surface area contributed by atoms with Gasteiger partial charge in [0.1, 0.15) is 0 Å². The predicted molar refractivity (Wildman–Crippen MR) is 72.9 cm³/mol. The van der Waals surface area contributed by atoms with Crippen molar-refractivity contribution in [3.63, 3.8) is 0 Å². The van der Waals surface area contributed by atoms with Crippen molar-refractivity contribution in [3.8, 4) is 0 Å². The number of nitrogens with one attached hydrogen (secondary N) is 2. The topological polar surface area (TPSA) is 58.0 Å². The smallest absolute Gasteiger partial charge is 0.287 e. The van der Waals surface area contributed by atoms with E-state index >= 15 is 0 Å². The van der Waals surface area contributed by atoms with Gasteiger partial charge in [-0.05, 0) is 30.7 Å². The van der Waals surface area contributed by atoms with Crippen molar-refractivity contribution in [1.82, 2.24) is 10.3 Å². The van der Waals surface area contributed by atoms with Crippen LogP contribution in [0.2, 0.25) is 0 Å². The summed E-state index contributed by atoms with van der Waals surface area (Å²) >= 11 is 0. The minimum absolute atomic E-state index is 0.199. The number of H-pyrrole nitrogens is 1. The molecule has 4 heteroatoms. The molecule has 19 heavy (non-hydrogen) atoms. The molecule has 0 saturated carbocycles. The van der Waals surface area contributed by atoms with Crippen LogP contribution in [-0.4, -0.2) is 10.9 Å². The van der Waals surface area contributed by atoms with Crippen LogP contribution in [0, 0.1) is 6.92 Å². The number of aryl methyl sites for hydroxylation is 1. The lowest BCUT2D eigenvalue weighted by Crippen LogP contribution is -2.22. The van der Waals surface area contributed by atoms with E-state index in [0.29, 0.717) is 12.3 Å². The van der Waals surface area contributed by atoms with Crippen molar-refractivity contribution in [1.29, 1.82) is 0 Å². The number of aromatic amines is 1. The monoisotopic (exact) mass is 254 g/mol. The first-order valence-corrected chi connectivity index (χ1v) is 6.13. The molecule has 2 aromatic heterocycles. The van der Waals surface area contributed by atoms with Crippen LogP contribution in [0.25, 0.3) is 10.9 Å². The van der Waals surface area contributed by atoms with Crippen LogP contribution in [0.3, 0.4) is 0 Å². The Kier molecular flexibility index (Phi) is 2.83. The van der Waals surface area contributed by atoms with Crippen molar-refractivity contribution in [2.45, 2.75) is 13.5 Å². The van der Waals surface area contributed by atoms with E-state index in [1.807, 2.05) is 31.2 Å². The fraction of sp³-hybridized carbons (Fsp3) is 0.133. The van der Waals surface area contributed by atoms with E-state index in [0.717, 1.165) is 22.2 Å². The number of furan rings is 1. The molecule has 2 heterocycles. The first kappa shape index (κ1) is 11.6. The van der Waals surface area contributed by atoms with Gasteiger partial charge in [0, 0.05) is 23.1 Å². The maximum absolute atomic E-state index is 11.8. The highest BCUT2D eigenvalue weighted by Gasteiger charge is 2.11. The minimum Gasteiger partial charge on any atom is -0.459 e. The molecular weight excluding hydrogens is 240 g/mol. The normalized spacial score (nSPS) is 10.8. The number of amides is 1. The molecule has 0 aliphatic carbocycles. The van der Waals surface area contributed by atoms with Crippen molar-refractivity contribution in [2.75, 3.05) is 0 Å². The summed E-state index contributed by atoms with van der Waals surface area (Å²) in [6.45, 7) is 2.49. The van der Waals surface area contributed by atoms with E-state index in [2.05, 4.69) is 10.3 Å². The van der Waals surface area contributed by atoms with Crippen LogP contribution in [0.1, 0.15) is 21.8 Å². The first-order valence-electron chi connectivity index (χ1n) is 6.13. The fourth-order valence-corrected chi connectivity index (χ4v) is 2.23. The number of hydrogen-bond acceptors (Lipinski definition) is 2. The highest BCUT2D eigenvalue weighted by molar-refractivity contribution is 5.92. The van der Waals surface area contributed by atoms with Gasteiger partial charge in [-0.2, -0.15) is 0 Å². The average molecular weight is 254 g/mol. The molecule has 2 N–H and O–H groups in total. The lowest BCUT2D eigenvalue weighted by Gasteiger charge is -2.03. The number of benzene rings is 1. The summed E-state index contributed by atoms with van der Waals surface area (Å²) in [5, 5.41) is 4.01. The Hall–Kier alpha value is -2.49. The molecule has 0 spiro atoms. The summed E-state index contributed by atoms with van der Waals surface area (Å²) in [6.07, 6.45) is 1.49. The van der Waals surface area contributed by atoms with Gasteiger partial charge in [-0.1, -0.05) is 18.2 Å². The Bertz CT molecular complexity index is 711. The van der Waals surface area contributed by atoms with Crippen molar-refractivity contribution in [3.05, 3.63) is 59.7 Å². The summed E-state index contributed by atoms with van der Waals surface area (Å²) in [5.41, 5.74) is 3.26. The van der Waals surface area contributed by atoms with Crippen LogP contribution in [0.5, 0.6) is 0 Å². The SMILES string of the molecule is Cc1[nH]c2ccccc2c1CNC(=O)c1ccco1. The van der Waals surface area contributed by atoms with Crippen LogP contribution >= 0.6 is 0 Å². The molecule has 0 bridgehead atoms. The number of para-hydroxylation sites is 1. The summed E-state index contributed by atoms with van der Waals surface area (Å²) in [6, 6.07) is 11.4. The van der Waals surface area contributed by atoms with E-state index in [1.54, 1.807) is 12.1 Å². The second-order valence-electron chi connectivity index (χ2n) is 4.43. The number of aromatic nitrogens is 1. The van der Waals surface area contributed by atoms with E-state index < -0.39 is 0 Å².